The molecule has 0 atom stereocenters. The number of morpholine rings is 1. The van der Waals surface area contributed by atoms with Crippen LogP contribution in [-0.2, 0) is 4.74 Å². The normalized spacial score (nSPS) is 25.7. The number of fused-ring (bicyclic) bond motifs is 1. The standard InChI is InChI=1S/C18H23BrN4O/c19-15-2-1-3-16-17(15)18(21-12-20-16)22-13-4-6-14(7-5-13)23-8-10-24-11-9-23/h1-3,12-14H,4-11H2,(H,20,21,22). The van der Waals surface area contributed by atoms with Gasteiger partial charge in [0.05, 0.1) is 24.1 Å². The molecule has 1 saturated heterocycles. The molecule has 2 aromatic rings. The Hall–Kier alpha value is -1.24. The molecule has 1 aromatic heterocycles. The zero-order valence-electron chi connectivity index (χ0n) is 13.7. The second-order valence-electron chi connectivity index (χ2n) is 6.65. The van der Waals surface area contributed by atoms with Gasteiger partial charge in [0.2, 0.25) is 0 Å². The van der Waals surface area contributed by atoms with E-state index < -0.39 is 0 Å². The molecule has 0 radical (unpaired) electrons. The summed E-state index contributed by atoms with van der Waals surface area (Å²) in [6.45, 7) is 3.96. The van der Waals surface area contributed by atoms with Crippen LogP contribution < -0.4 is 5.32 Å². The van der Waals surface area contributed by atoms with Gasteiger partial charge in [-0.05, 0) is 53.7 Å². The van der Waals surface area contributed by atoms with Crippen LogP contribution in [0.4, 0.5) is 5.82 Å². The van der Waals surface area contributed by atoms with Gasteiger partial charge in [-0.25, -0.2) is 9.97 Å². The Kier molecular flexibility index (Phi) is 4.96. The maximum Gasteiger partial charge on any atom is 0.138 e. The molecule has 0 unspecified atom stereocenters. The number of hydrogen-bond acceptors (Lipinski definition) is 5. The fourth-order valence-corrected chi connectivity index (χ4v) is 4.44. The molecule has 1 aliphatic carbocycles. The van der Waals surface area contributed by atoms with Gasteiger partial charge in [-0.2, -0.15) is 0 Å². The van der Waals surface area contributed by atoms with E-state index in [-0.39, 0.29) is 0 Å². The van der Waals surface area contributed by atoms with E-state index in [0.29, 0.717) is 6.04 Å². The average molecular weight is 391 g/mol. The van der Waals surface area contributed by atoms with Crippen molar-refractivity contribution in [3.8, 4) is 0 Å². The summed E-state index contributed by atoms with van der Waals surface area (Å²) in [6, 6.07) is 7.30. The molecule has 5 nitrogen and oxygen atoms in total. The highest BCUT2D eigenvalue weighted by Crippen LogP contribution is 2.31. The number of nitrogens with zero attached hydrogens (tertiary/aromatic N) is 3. The average Bonchev–Trinajstić information content (AvgIpc) is 2.63. The molecule has 128 valence electrons. The smallest absolute Gasteiger partial charge is 0.138 e. The number of halogens is 1. The molecule has 0 amide bonds. The lowest BCUT2D eigenvalue weighted by Gasteiger charge is -2.39. The summed E-state index contributed by atoms with van der Waals surface area (Å²) in [5.74, 6) is 0.947. The quantitative estimate of drug-likeness (QED) is 0.869. The molecule has 6 heteroatoms. The Morgan fingerprint density at radius 2 is 1.88 bits per heavy atom. The van der Waals surface area contributed by atoms with Gasteiger partial charge in [-0.15, -0.1) is 0 Å². The van der Waals surface area contributed by atoms with E-state index in [1.807, 2.05) is 18.2 Å². The van der Waals surface area contributed by atoms with Crippen LogP contribution in [0.1, 0.15) is 25.7 Å². The summed E-state index contributed by atoms with van der Waals surface area (Å²) in [5.41, 5.74) is 0.976. The second-order valence-corrected chi connectivity index (χ2v) is 7.51. The molecule has 4 rings (SSSR count). The molecular weight excluding hydrogens is 368 g/mol. The van der Waals surface area contributed by atoms with Gasteiger partial charge in [0, 0.05) is 29.6 Å². The van der Waals surface area contributed by atoms with Crippen molar-refractivity contribution >= 4 is 32.7 Å². The predicted molar refractivity (Wildman–Crippen MR) is 99.3 cm³/mol. The Morgan fingerprint density at radius 1 is 1.08 bits per heavy atom. The third-order valence-electron chi connectivity index (χ3n) is 5.21. The van der Waals surface area contributed by atoms with E-state index in [0.717, 1.165) is 53.5 Å². The molecule has 0 bridgehead atoms. The van der Waals surface area contributed by atoms with Gasteiger partial charge >= 0.3 is 0 Å². The molecule has 2 aliphatic rings. The van der Waals surface area contributed by atoms with Crippen LogP contribution in [-0.4, -0.2) is 53.3 Å². The van der Waals surface area contributed by atoms with Gasteiger partial charge in [-0.3, -0.25) is 4.90 Å². The number of anilines is 1. The van der Waals surface area contributed by atoms with Gasteiger partial charge in [0.25, 0.3) is 0 Å². The molecule has 1 aliphatic heterocycles. The maximum atomic E-state index is 5.47. The van der Waals surface area contributed by atoms with Crippen LogP contribution in [0, 0.1) is 0 Å². The van der Waals surface area contributed by atoms with Crippen molar-refractivity contribution in [2.24, 2.45) is 0 Å². The van der Waals surface area contributed by atoms with Crippen molar-refractivity contribution in [1.29, 1.82) is 0 Å². The third-order valence-corrected chi connectivity index (χ3v) is 5.87. The summed E-state index contributed by atoms with van der Waals surface area (Å²) < 4.78 is 6.52. The summed E-state index contributed by atoms with van der Waals surface area (Å²) >= 11 is 3.64. The van der Waals surface area contributed by atoms with Crippen LogP contribution in [0.3, 0.4) is 0 Å². The second kappa shape index (κ2) is 7.33. The Labute approximate surface area is 150 Å². The fourth-order valence-electron chi connectivity index (χ4n) is 3.90. The summed E-state index contributed by atoms with van der Waals surface area (Å²) in [6.07, 6.45) is 6.54. The SMILES string of the molecule is Brc1cccc2ncnc(NC3CCC(N4CCOCC4)CC3)c12. The van der Waals surface area contributed by atoms with Gasteiger partial charge < -0.3 is 10.1 Å². The molecule has 1 saturated carbocycles. The Balaban J connectivity index is 1.42. The van der Waals surface area contributed by atoms with Gasteiger partial charge in [0.15, 0.2) is 0 Å². The highest BCUT2D eigenvalue weighted by Gasteiger charge is 2.27. The van der Waals surface area contributed by atoms with Crippen molar-refractivity contribution in [3.63, 3.8) is 0 Å². The first kappa shape index (κ1) is 16.2. The monoisotopic (exact) mass is 390 g/mol. The van der Waals surface area contributed by atoms with Crippen molar-refractivity contribution in [1.82, 2.24) is 14.9 Å². The van der Waals surface area contributed by atoms with E-state index in [9.17, 15) is 0 Å². The lowest BCUT2D eigenvalue weighted by Crippen LogP contribution is -2.46. The van der Waals surface area contributed by atoms with Crippen LogP contribution in [0.25, 0.3) is 10.9 Å². The number of benzene rings is 1. The first-order valence-electron chi connectivity index (χ1n) is 8.79. The van der Waals surface area contributed by atoms with Crippen molar-refractivity contribution in [3.05, 3.63) is 29.0 Å². The zero-order valence-corrected chi connectivity index (χ0v) is 15.3. The molecule has 2 heterocycles. The van der Waals surface area contributed by atoms with E-state index in [2.05, 4.69) is 36.1 Å². The number of hydrogen-bond donors (Lipinski definition) is 1. The highest BCUT2D eigenvalue weighted by atomic mass is 79.9. The van der Waals surface area contributed by atoms with Crippen LogP contribution in [0.15, 0.2) is 29.0 Å². The first-order valence-corrected chi connectivity index (χ1v) is 9.58. The minimum atomic E-state index is 0.493. The van der Waals surface area contributed by atoms with Crippen molar-refractivity contribution in [2.75, 3.05) is 31.6 Å². The Bertz CT molecular complexity index is 691. The molecule has 0 spiro atoms. The van der Waals surface area contributed by atoms with Crippen LogP contribution >= 0.6 is 15.9 Å². The van der Waals surface area contributed by atoms with Crippen molar-refractivity contribution in [2.45, 2.75) is 37.8 Å². The number of nitrogens with one attached hydrogen (secondary N) is 1. The number of aromatic nitrogens is 2. The Morgan fingerprint density at radius 3 is 2.67 bits per heavy atom. The summed E-state index contributed by atoms with van der Waals surface area (Å²) in [7, 11) is 0. The molecule has 24 heavy (non-hydrogen) atoms. The van der Waals surface area contributed by atoms with Crippen molar-refractivity contribution < 1.29 is 4.74 Å². The van der Waals surface area contributed by atoms with Gasteiger partial charge in [-0.1, -0.05) is 6.07 Å². The van der Waals surface area contributed by atoms with E-state index in [4.69, 9.17) is 4.74 Å². The number of rotatable bonds is 3. The van der Waals surface area contributed by atoms with E-state index >= 15 is 0 Å². The van der Waals surface area contributed by atoms with E-state index in [1.165, 1.54) is 25.7 Å². The van der Waals surface area contributed by atoms with Crippen LogP contribution in [0.2, 0.25) is 0 Å². The maximum absolute atomic E-state index is 5.47. The number of ether oxygens (including phenoxy) is 1. The zero-order chi connectivity index (χ0) is 16.4. The minimum absolute atomic E-state index is 0.493. The van der Waals surface area contributed by atoms with Gasteiger partial charge in [0.1, 0.15) is 12.1 Å². The molecule has 1 aromatic carbocycles. The largest absolute Gasteiger partial charge is 0.379 e. The molecule has 1 N–H and O–H groups in total. The topological polar surface area (TPSA) is 50.3 Å². The lowest BCUT2D eigenvalue weighted by molar-refractivity contribution is 0.00791. The molecular formula is C18H23BrN4O. The highest BCUT2D eigenvalue weighted by molar-refractivity contribution is 9.10. The minimum Gasteiger partial charge on any atom is -0.379 e. The first-order chi connectivity index (χ1) is 11.8. The summed E-state index contributed by atoms with van der Waals surface area (Å²) in [4.78, 5) is 11.5. The summed E-state index contributed by atoms with van der Waals surface area (Å²) in [5, 5.41) is 4.74. The molecule has 2 fully saturated rings. The third kappa shape index (κ3) is 3.41. The van der Waals surface area contributed by atoms with Crippen LogP contribution in [0.5, 0.6) is 0 Å². The predicted octanol–water partition coefficient (Wildman–Crippen LogP) is 3.45. The lowest BCUT2D eigenvalue weighted by atomic mass is 9.90. The van der Waals surface area contributed by atoms with E-state index in [1.54, 1.807) is 6.33 Å². The fraction of sp³-hybridized carbons (Fsp3) is 0.556.